The Kier molecular flexibility index (Phi) is 4.32. The van der Waals surface area contributed by atoms with Crippen LogP contribution < -0.4 is 0 Å². The van der Waals surface area contributed by atoms with Crippen molar-refractivity contribution in [3.8, 4) is 11.1 Å². The summed E-state index contributed by atoms with van der Waals surface area (Å²) in [6, 6.07) is 13.8. The molecule has 0 aliphatic heterocycles. The van der Waals surface area contributed by atoms with Crippen molar-refractivity contribution in [1.82, 2.24) is 0 Å². The van der Waals surface area contributed by atoms with Crippen molar-refractivity contribution >= 4 is 21.6 Å². The summed E-state index contributed by atoms with van der Waals surface area (Å²) < 4.78 is 0.855. The van der Waals surface area contributed by atoms with Crippen LogP contribution in [0.3, 0.4) is 0 Å². The molecular weight excluding hydrogens is 306 g/mol. The molecule has 0 N–H and O–H groups in total. The molecule has 3 nitrogen and oxygen atoms in total. The lowest BCUT2D eigenvalue weighted by molar-refractivity contribution is -0.384. The van der Waals surface area contributed by atoms with Crippen molar-refractivity contribution in [3.05, 3.63) is 62.6 Å². The molecule has 19 heavy (non-hydrogen) atoms. The van der Waals surface area contributed by atoms with Crippen molar-refractivity contribution < 1.29 is 4.92 Å². The van der Waals surface area contributed by atoms with Gasteiger partial charge in [-0.25, -0.2) is 0 Å². The monoisotopic (exact) mass is 318 g/mol. The van der Waals surface area contributed by atoms with Crippen LogP contribution in [0, 0.1) is 16.2 Å². The molecular formula is C15H13BrNO2. The number of hydrogen-bond donors (Lipinski definition) is 0. The van der Waals surface area contributed by atoms with E-state index in [1.807, 2.05) is 18.2 Å². The van der Waals surface area contributed by atoms with E-state index in [-0.39, 0.29) is 10.6 Å². The molecule has 0 amide bonds. The van der Waals surface area contributed by atoms with Crippen LogP contribution in [-0.2, 0) is 6.42 Å². The number of rotatable bonds is 4. The van der Waals surface area contributed by atoms with Crippen LogP contribution in [0.2, 0.25) is 0 Å². The van der Waals surface area contributed by atoms with Gasteiger partial charge in [0.15, 0.2) is 0 Å². The Balaban J connectivity index is 2.53. The second-order valence-corrected chi connectivity index (χ2v) is 5.13. The highest BCUT2D eigenvalue weighted by Crippen LogP contribution is 2.30. The predicted octanol–water partition coefficient (Wildman–Crippen LogP) is 4.78. The summed E-state index contributed by atoms with van der Waals surface area (Å²) in [6.07, 6.45) is 1.96. The Morgan fingerprint density at radius 2 is 2.16 bits per heavy atom. The van der Waals surface area contributed by atoms with Gasteiger partial charge in [-0.15, -0.1) is 0 Å². The maximum absolute atomic E-state index is 10.9. The normalized spacial score (nSPS) is 10.4. The van der Waals surface area contributed by atoms with Gasteiger partial charge in [0.05, 0.1) is 4.92 Å². The minimum atomic E-state index is -0.368. The molecule has 0 atom stereocenters. The number of non-ortho nitro benzene ring substituents is 1. The summed E-state index contributed by atoms with van der Waals surface area (Å²) >= 11 is 3.40. The van der Waals surface area contributed by atoms with Gasteiger partial charge in [-0.2, -0.15) is 0 Å². The zero-order chi connectivity index (χ0) is 13.8. The number of nitro benzene ring substituents is 1. The second kappa shape index (κ2) is 5.97. The molecule has 2 aromatic rings. The quantitative estimate of drug-likeness (QED) is 0.601. The second-order valence-electron chi connectivity index (χ2n) is 4.28. The van der Waals surface area contributed by atoms with E-state index in [0.29, 0.717) is 0 Å². The molecule has 0 saturated heterocycles. The molecule has 0 fully saturated rings. The molecule has 1 radical (unpaired) electrons. The van der Waals surface area contributed by atoms with Gasteiger partial charge in [-0.05, 0) is 41.3 Å². The van der Waals surface area contributed by atoms with Crippen LogP contribution in [0.4, 0.5) is 5.69 Å². The average molecular weight is 319 g/mol. The molecule has 0 aromatic heterocycles. The zero-order valence-corrected chi connectivity index (χ0v) is 12.1. The van der Waals surface area contributed by atoms with Crippen LogP contribution in [-0.4, -0.2) is 4.92 Å². The Bertz CT molecular complexity index is 611. The highest BCUT2D eigenvalue weighted by atomic mass is 79.9. The summed E-state index contributed by atoms with van der Waals surface area (Å²) in [6.45, 7) is 2.11. The third-order valence-electron chi connectivity index (χ3n) is 2.89. The maximum atomic E-state index is 10.9. The van der Waals surface area contributed by atoms with Gasteiger partial charge in [-0.3, -0.25) is 10.1 Å². The number of benzene rings is 2. The van der Waals surface area contributed by atoms with Gasteiger partial charge in [-0.1, -0.05) is 41.4 Å². The van der Waals surface area contributed by atoms with E-state index in [1.54, 1.807) is 12.1 Å². The topological polar surface area (TPSA) is 43.1 Å². The van der Waals surface area contributed by atoms with Gasteiger partial charge in [0, 0.05) is 16.6 Å². The SMILES string of the molecule is CCCc1c[c]c(Br)cc1-c1cccc([N+](=O)[O-])c1. The van der Waals surface area contributed by atoms with E-state index in [1.165, 1.54) is 6.07 Å². The Hall–Kier alpha value is -1.68. The molecule has 0 bridgehead atoms. The van der Waals surface area contributed by atoms with Gasteiger partial charge in [0.2, 0.25) is 0 Å². The lowest BCUT2D eigenvalue weighted by Crippen LogP contribution is -1.92. The molecule has 4 heteroatoms. The molecule has 2 aromatic carbocycles. The van der Waals surface area contributed by atoms with Crippen LogP contribution >= 0.6 is 15.9 Å². The fourth-order valence-electron chi connectivity index (χ4n) is 2.03. The fourth-order valence-corrected chi connectivity index (χ4v) is 2.37. The number of nitrogens with zero attached hydrogens (tertiary/aromatic N) is 1. The van der Waals surface area contributed by atoms with Crippen molar-refractivity contribution in [2.24, 2.45) is 0 Å². The molecule has 0 unspecified atom stereocenters. The van der Waals surface area contributed by atoms with Gasteiger partial charge < -0.3 is 0 Å². The zero-order valence-electron chi connectivity index (χ0n) is 10.5. The van der Waals surface area contributed by atoms with Crippen molar-refractivity contribution in [1.29, 1.82) is 0 Å². The highest BCUT2D eigenvalue weighted by molar-refractivity contribution is 9.10. The van der Waals surface area contributed by atoms with Crippen molar-refractivity contribution in [2.75, 3.05) is 0 Å². The molecule has 0 aliphatic carbocycles. The minimum absolute atomic E-state index is 0.115. The lowest BCUT2D eigenvalue weighted by atomic mass is 9.97. The Labute approximate surface area is 120 Å². The number of hydrogen-bond acceptors (Lipinski definition) is 2. The molecule has 97 valence electrons. The summed E-state index contributed by atoms with van der Waals surface area (Å²) in [4.78, 5) is 10.5. The molecule has 0 spiro atoms. The lowest BCUT2D eigenvalue weighted by Gasteiger charge is -2.09. The Morgan fingerprint density at radius 1 is 1.37 bits per heavy atom. The first-order chi connectivity index (χ1) is 9.11. The van der Waals surface area contributed by atoms with Crippen LogP contribution in [0.5, 0.6) is 0 Å². The number of nitro groups is 1. The first kappa shape index (κ1) is 13.7. The smallest absolute Gasteiger partial charge is 0.258 e. The summed E-state index contributed by atoms with van der Waals surface area (Å²) in [5.41, 5.74) is 3.17. The predicted molar refractivity (Wildman–Crippen MR) is 79.1 cm³/mol. The standard InChI is InChI=1S/C15H13BrNO2/c1-2-4-11-7-8-13(16)10-15(11)12-5-3-6-14(9-12)17(18)19/h3,5-7,9-10H,2,4H2,1H3. The number of halogens is 1. The van der Waals surface area contributed by atoms with Crippen LogP contribution in [0.25, 0.3) is 11.1 Å². The highest BCUT2D eigenvalue weighted by Gasteiger charge is 2.10. The third kappa shape index (κ3) is 3.20. The minimum Gasteiger partial charge on any atom is -0.258 e. The number of aryl methyl sites for hydroxylation is 1. The summed E-state index contributed by atoms with van der Waals surface area (Å²) in [5.74, 6) is 0. The molecule has 0 aliphatic rings. The molecule has 2 rings (SSSR count). The van der Waals surface area contributed by atoms with E-state index >= 15 is 0 Å². The maximum Gasteiger partial charge on any atom is 0.270 e. The van der Waals surface area contributed by atoms with Crippen molar-refractivity contribution in [2.45, 2.75) is 19.8 Å². The first-order valence-corrected chi connectivity index (χ1v) is 6.86. The van der Waals surface area contributed by atoms with Gasteiger partial charge >= 0.3 is 0 Å². The molecule has 0 heterocycles. The van der Waals surface area contributed by atoms with E-state index in [9.17, 15) is 10.1 Å². The van der Waals surface area contributed by atoms with E-state index < -0.39 is 0 Å². The van der Waals surface area contributed by atoms with Crippen molar-refractivity contribution in [3.63, 3.8) is 0 Å². The van der Waals surface area contributed by atoms with Crippen LogP contribution in [0.1, 0.15) is 18.9 Å². The first-order valence-electron chi connectivity index (χ1n) is 6.06. The Morgan fingerprint density at radius 3 is 2.84 bits per heavy atom. The van der Waals surface area contributed by atoms with E-state index in [2.05, 4.69) is 28.9 Å². The van der Waals surface area contributed by atoms with E-state index in [4.69, 9.17) is 0 Å². The summed E-state index contributed by atoms with van der Waals surface area (Å²) in [5, 5.41) is 10.9. The average Bonchev–Trinajstić information content (AvgIpc) is 2.41. The summed E-state index contributed by atoms with van der Waals surface area (Å²) in [7, 11) is 0. The third-order valence-corrected chi connectivity index (χ3v) is 3.35. The van der Waals surface area contributed by atoms with Crippen LogP contribution in [0.15, 0.2) is 40.9 Å². The molecule has 0 saturated carbocycles. The van der Waals surface area contributed by atoms with Gasteiger partial charge in [0.25, 0.3) is 5.69 Å². The van der Waals surface area contributed by atoms with E-state index in [0.717, 1.165) is 34.0 Å². The fraction of sp³-hybridized carbons (Fsp3) is 0.200. The largest absolute Gasteiger partial charge is 0.270 e. The van der Waals surface area contributed by atoms with Gasteiger partial charge in [0.1, 0.15) is 0 Å².